The molecule has 0 aliphatic heterocycles. The first kappa shape index (κ1) is 11.7. The van der Waals surface area contributed by atoms with Crippen LogP contribution in [0.5, 0.6) is 0 Å². The lowest BCUT2D eigenvalue weighted by Gasteiger charge is -2.23. The number of methoxy groups -OCH3 is 1. The Labute approximate surface area is 97.0 Å². The zero-order chi connectivity index (χ0) is 11.5. The summed E-state index contributed by atoms with van der Waals surface area (Å²) in [6.45, 7) is 3.00. The van der Waals surface area contributed by atoms with Gasteiger partial charge in [-0.25, -0.2) is 0 Å². The third-order valence-corrected chi connectivity index (χ3v) is 3.52. The molecule has 0 aromatic carbocycles. The van der Waals surface area contributed by atoms with Gasteiger partial charge in [-0.05, 0) is 38.7 Å². The molecule has 1 aromatic heterocycles. The Bertz CT molecular complexity index is 346. The highest BCUT2D eigenvalue weighted by Crippen LogP contribution is 2.32. The van der Waals surface area contributed by atoms with Gasteiger partial charge in [0.25, 0.3) is 0 Å². The lowest BCUT2D eigenvalue weighted by Crippen LogP contribution is -2.15. The van der Waals surface area contributed by atoms with Gasteiger partial charge in [0.1, 0.15) is 0 Å². The van der Waals surface area contributed by atoms with Crippen LogP contribution in [0, 0.1) is 0 Å². The van der Waals surface area contributed by atoms with Crippen molar-refractivity contribution in [3.63, 3.8) is 0 Å². The zero-order valence-electron chi connectivity index (χ0n) is 10.1. The minimum Gasteiger partial charge on any atom is -0.388 e. The molecule has 3 nitrogen and oxygen atoms in total. The quantitative estimate of drug-likeness (QED) is 0.850. The van der Waals surface area contributed by atoms with Crippen LogP contribution in [0.25, 0.3) is 0 Å². The van der Waals surface area contributed by atoms with Gasteiger partial charge in [0.15, 0.2) is 0 Å². The van der Waals surface area contributed by atoms with E-state index in [1.54, 1.807) is 7.11 Å². The van der Waals surface area contributed by atoms with E-state index in [0.29, 0.717) is 6.04 Å². The Morgan fingerprint density at radius 3 is 3.19 bits per heavy atom. The number of aromatic nitrogens is 1. The zero-order valence-corrected chi connectivity index (χ0v) is 10.1. The number of rotatable bonds is 4. The fraction of sp³-hybridized carbons (Fsp3) is 0.692. The molecule has 90 valence electrons. The van der Waals surface area contributed by atoms with Crippen molar-refractivity contribution in [2.75, 3.05) is 13.7 Å². The fourth-order valence-corrected chi connectivity index (χ4v) is 2.53. The maximum Gasteiger partial charge on any atom is 0.0807 e. The minimum atomic E-state index is -0.250. The van der Waals surface area contributed by atoms with E-state index in [0.717, 1.165) is 37.9 Å². The highest BCUT2D eigenvalue weighted by atomic mass is 16.5. The molecule has 1 heterocycles. The van der Waals surface area contributed by atoms with E-state index in [9.17, 15) is 5.11 Å². The monoisotopic (exact) mass is 223 g/mol. The van der Waals surface area contributed by atoms with Gasteiger partial charge in [-0.1, -0.05) is 0 Å². The topological polar surface area (TPSA) is 34.4 Å². The van der Waals surface area contributed by atoms with Crippen molar-refractivity contribution in [2.24, 2.45) is 0 Å². The molecule has 1 N–H and O–H groups in total. The molecule has 3 heteroatoms. The van der Waals surface area contributed by atoms with Crippen LogP contribution < -0.4 is 0 Å². The van der Waals surface area contributed by atoms with Crippen molar-refractivity contribution in [1.82, 2.24) is 4.57 Å². The number of aliphatic hydroxyl groups is 1. The second-order valence-corrected chi connectivity index (χ2v) is 4.66. The molecule has 0 amide bonds. The highest BCUT2D eigenvalue weighted by Gasteiger charge is 2.22. The van der Waals surface area contributed by atoms with Crippen LogP contribution in [0.4, 0.5) is 0 Å². The van der Waals surface area contributed by atoms with E-state index >= 15 is 0 Å². The van der Waals surface area contributed by atoms with Crippen LogP contribution in [0.3, 0.4) is 0 Å². The van der Waals surface area contributed by atoms with Crippen molar-refractivity contribution < 1.29 is 9.84 Å². The Hall–Kier alpha value is -0.800. The first-order chi connectivity index (χ1) is 7.74. The van der Waals surface area contributed by atoms with Gasteiger partial charge in [-0.3, -0.25) is 0 Å². The number of aliphatic hydroxyl groups excluding tert-OH is 1. The molecule has 0 bridgehead atoms. The first-order valence-corrected chi connectivity index (χ1v) is 6.10. The van der Waals surface area contributed by atoms with Crippen LogP contribution in [-0.4, -0.2) is 23.4 Å². The summed E-state index contributed by atoms with van der Waals surface area (Å²) < 4.78 is 7.42. The number of nitrogens with zero attached hydrogens (tertiary/aromatic N) is 1. The second-order valence-electron chi connectivity index (χ2n) is 4.66. The molecule has 0 saturated heterocycles. The molecule has 1 aliphatic carbocycles. The van der Waals surface area contributed by atoms with E-state index in [2.05, 4.69) is 23.8 Å². The lowest BCUT2D eigenvalue weighted by atomic mass is 9.95. The number of ether oxygens (including phenoxy) is 1. The average Bonchev–Trinajstić information content (AvgIpc) is 2.71. The van der Waals surface area contributed by atoms with Crippen molar-refractivity contribution >= 4 is 0 Å². The summed E-state index contributed by atoms with van der Waals surface area (Å²) in [6.07, 6.45) is 5.97. The summed E-state index contributed by atoms with van der Waals surface area (Å²) in [6, 6.07) is 2.52. The second kappa shape index (κ2) is 5.02. The molecule has 2 rings (SSSR count). The van der Waals surface area contributed by atoms with E-state index in [1.165, 1.54) is 5.69 Å². The summed E-state index contributed by atoms with van der Waals surface area (Å²) in [5.41, 5.74) is 2.46. The van der Waals surface area contributed by atoms with Gasteiger partial charge >= 0.3 is 0 Å². The molecule has 1 aliphatic rings. The van der Waals surface area contributed by atoms with Crippen molar-refractivity contribution in [3.8, 4) is 0 Å². The standard InChI is InChI=1S/C13H21NO2/c1-10(7-9-16-2)14-8-6-11-12(14)4-3-5-13(11)15/h6,8,10,13,15H,3-5,7,9H2,1-2H3. The van der Waals surface area contributed by atoms with Gasteiger partial charge in [-0.2, -0.15) is 0 Å². The van der Waals surface area contributed by atoms with E-state index in [4.69, 9.17) is 4.74 Å². The van der Waals surface area contributed by atoms with Gasteiger partial charge in [-0.15, -0.1) is 0 Å². The molecule has 0 spiro atoms. The Morgan fingerprint density at radius 2 is 2.44 bits per heavy atom. The molecule has 16 heavy (non-hydrogen) atoms. The smallest absolute Gasteiger partial charge is 0.0807 e. The summed E-state index contributed by atoms with van der Waals surface area (Å²) in [7, 11) is 1.74. The summed E-state index contributed by atoms with van der Waals surface area (Å²) in [4.78, 5) is 0. The average molecular weight is 223 g/mol. The molecule has 0 saturated carbocycles. The molecule has 0 radical (unpaired) electrons. The summed E-state index contributed by atoms with van der Waals surface area (Å²) >= 11 is 0. The lowest BCUT2D eigenvalue weighted by molar-refractivity contribution is 0.154. The predicted molar refractivity (Wildman–Crippen MR) is 63.5 cm³/mol. The van der Waals surface area contributed by atoms with Crippen LogP contribution in [0.1, 0.15) is 49.6 Å². The largest absolute Gasteiger partial charge is 0.388 e. The number of hydrogen-bond acceptors (Lipinski definition) is 2. The van der Waals surface area contributed by atoms with Crippen molar-refractivity contribution in [1.29, 1.82) is 0 Å². The maximum absolute atomic E-state index is 9.89. The van der Waals surface area contributed by atoms with E-state index in [1.807, 2.05) is 0 Å². The molecule has 2 atom stereocenters. The Balaban J connectivity index is 2.16. The first-order valence-electron chi connectivity index (χ1n) is 6.10. The fourth-order valence-electron chi connectivity index (χ4n) is 2.53. The maximum atomic E-state index is 9.89. The third-order valence-electron chi connectivity index (χ3n) is 3.52. The number of fused-ring (bicyclic) bond motifs is 1. The van der Waals surface area contributed by atoms with Crippen LogP contribution in [0.2, 0.25) is 0 Å². The molecule has 1 aromatic rings. The van der Waals surface area contributed by atoms with E-state index < -0.39 is 0 Å². The Kier molecular flexibility index (Phi) is 3.66. The van der Waals surface area contributed by atoms with Gasteiger partial charge in [0, 0.05) is 37.2 Å². The summed E-state index contributed by atoms with van der Waals surface area (Å²) in [5.74, 6) is 0. The third kappa shape index (κ3) is 2.15. The SMILES string of the molecule is COCCC(C)n1ccc2c1CCCC2O. The number of hydrogen-bond donors (Lipinski definition) is 1. The summed E-state index contributed by atoms with van der Waals surface area (Å²) in [5, 5.41) is 9.89. The van der Waals surface area contributed by atoms with Gasteiger partial charge in [0.2, 0.25) is 0 Å². The van der Waals surface area contributed by atoms with Gasteiger partial charge < -0.3 is 14.4 Å². The highest BCUT2D eigenvalue weighted by molar-refractivity contribution is 5.27. The van der Waals surface area contributed by atoms with Gasteiger partial charge in [0.05, 0.1) is 6.10 Å². The predicted octanol–water partition coefficient (Wildman–Crippen LogP) is 2.46. The minimum absolute atomic E-state index is 0.250. The molecular formula is C13H21NO2. The Morgan fingerprint density at radius 1 is 1.62 bits per heavy atom. The van der Waals surface area contributed by atoms with Crippen molar-refractivity contribution in [2.45, 2.75) is 44.8 Å². The van der Waals surface area contributed by atoms with Crippen molar-refractivity contribution in [3.05, 3.63) is 23.5 Å². The van der Waals surface area contributed by atoms with Crippen LogP contribution in [-0.2, 0) is 11.2 Å². The van der Waals surface area contributed by atoms with Crippen LogP contribution in [0.15, 0.2) is 12.3 Å². The molecule has 0 fully saturated rings. The van der Waals surface area contributed by atoms with Crippen LogP contribution >= 0.6 is 0 Å². The normalized spacial score (nSPS) is 21.8. The molecular weight excluding hydrogens is 202 g/mol. The van der Waals surface area contributed by atoms with E-state index in [-0.39, 0.29) is 6.10 Å². The molecule has 2 unspecified atom stereocenters.